The van der Waals surface area contributed by atoms with Crippen LogP contribution < -0.4 is 4.90 Å². The molecule has 0 aliphatic heterocycles. The molecule has 0 saturated carbocycles. The van der Waals surface area contributed by atoms with Crippen LogP contribution >= 0.6 is 0 Å². The summed E-state index contributed by atoms with van der Waals surface area (Å²) in [6.07, 6.45) is 0. The SMILES string of the molecule is CN(C(=O)c1cc(-c2ccccc2)n(C)n1)c1ccccc1. The molecule has 0 fully saturated rings. The summed E-state index contributed by atoms with van der Waals surface area (Å²) in [5.74, 6) is -0.121. The first-order valence-electron chi connectivity index (χ1n) is 7.09. The summed E-state index contributed by atoms with van der Waals surface area (Å²) in [5, 5.41) is 4.36. The zero-order valence-corrected chi connectivity index (χ0v) is 12.6. The van der Waals surface area contributed by atoms with Crippen molar-refractivity contribution in [2.75, 3.05) is 11.9 Å². The molecule has 110 valence electrons. The summed E-state index contributed by atoms with van der Waals surface area (Å²) in [6.45, 7) is 0. The molecular formula is C18H17N3O. The predicted molar refractivity (Wildman–Crippen MR) is 87.8 cm³/mol. The number of carbonyl (C=O) groups is 1. The predicted octanol–water partition coefficient (Wildman–Crippen LogP) is 3.36. The quantitative estimate of drug-likeness (QED) is 0.742. The molecule has 22 heavy (non-hydrogen) atoms. The normalized spacial score (nSPS) is 10.5. The van der Waals surface area contributed by atoms with Crippen LogP contribution in [0.15, 0.2) is 66.7 Å². The number of hydrogen-bond acceptors (Lipinski definition) is 2. The highest BCUT2D eigenvalue weighted by molar-refractivity contribution is 6.04. The topological polar surface area (TPSA) is 38.1 Å². The van der Waals surface area contributed by atoms with Crippen molar-refractivity contribution in [2.45, 2.75) is 0 Å². The fourth-order valence-corrected chi connectivity index (χ4v) is 2.39. The summed E-state index contributed by atoms with van der Waals surface area (Å²) in [4.78, 5) is 14.2. The summed E-state index contributed by atoms with van der Waals surface area (Å²) in [6, 6.07) is 21.3. The molecule has 0 spiro atoms. The Labute approximate surface area is 129 Å². The lowest BCUT2D eigenvalue weighted by Gasteiger charge is -2.15. The average Bonchev–Trinajstić information content (AvgIpc) is 2.97. The molecule has 0 atom stereocenters. The van der Waals surface area contributed by atoms with Crippen molar-refractivity contribution in [1.29, 1.82) is 0 Å². The standard InChI is InChI=1S/C18H17N3O/c1-20(15-11-7-4-8-12-15)18(22)16-13-17(21(2)19-16)14-9-5-3-6-10-14/h3-13H,1-2H3. The molecule has 2 aromatic carbocycles. The Balaban J connectivity index is 1.92. The third kappa shape index (κ3) is 2.63. The number of aromatic nitrogens is 2. The van der Waals surface area contributed by atoms with Crippen LogP contribution in [0.2, 0.25) is 0 Å². The van der Waals surface area contributed by atoms with E-state index in [1.807, 2.05) is 73.8 Å². The minimum Gasteiger partial charge on any atom is -0.310 e. The van der Waals surface area contributed by atoms with Gasteiger partial charge >= 0.3 is 0 Å². The largest absolute Gasteiger partial charge is 0.310 e. The maximum absolute atomic E-state index is 12.6. The lowest BCUT2D eigenvalue weighted by Crippen LogP contribution is -2.26. The Kier molecular flexibility index (Phi) is 3.74. The molecule has 3 aromatic rings. The molecular weight excluding hydrogens is 274 g/mol. The number of para-hydroxylation sites is 1. The van der Waals surface area contributed by atoms with Crippen LogP contribution in [0.3, 0.4) is 0 Å². The van der Waals surface area contributed by atoms with Gasteiger partial charge in [0, 0.05) is 19.8 Å². The van der Waals surface area contributed by atoms with Crippen molar-refractivity contribution >= 4 is 11.6 Å². The molecule has 0 aliphatic carbocycles. The fraction of sp³-hybridized carbons (Fsp3) is 0.111. The Hall–Kier alpha value is -2.88. The van der Waals surface area contributed by atoms with E-state index in [-0.39, 0.29) is 5.91 Å². The number of anilines is 1. The third-order valence-electron chi connectivity index (χ3n) is 3.62. The second kappa shape index (κ2) is 5.85. The van der Waals surface area contributed by atoms with Crippen LogP contribution in [-0.2, 0) is 7.05 Å². The maximum Gasteiger partial charge on any atom is 0.278 e. The van der Waals surface area contributed by atoms with Crippen molar-refractivity contribution in [2.24, 2.45) is 7.05 Å². The number of benzene rings is 2. The first kappa shape index (κ1) is 14.1. The highest BCUT2D eigenvalue weighted by Gasteiger charge is 2.18. The monoisotopic (exact) mass is 291 g/mol. The van der Waals surface area contributed by atoms with Crippen molar-refractivity contribution < 1.29 is 4.79 Å². The molecule has 1 amide bonds. The van der Waals surface area contributed by atoms with Gasteiger partial charge in [-0.2, -0.15) is 5.10 Å². The first-order valence-corrected chi connectivity index (χ1v) is 7.09. The van der Waals surface area contributed by atoms with E-state index in [4.69, 9.17) is 0 Å². The van der Waals surface area contributed by atoms with Gasteiger partial charge in [-0.1, -0.05) is 48.5 Å². The molecule has 0 N–H and O–H groups in total. The fourth-order valence-electron chi connectivity index (χ4n) is 2.39. The van der Waals surface area contributed by atoms with Crippen molar-refractivity contribution in [3.8, 4) is 11.3 Å². The highest BCUT2D eigenvalue weighted by atomic mass is 16.2. The molecule has 1 heterocycles. The summed E-state index contributed by atoms with van der Waals surface area (Å²) < 4.78 is 1.74. The third-order valence-corrected chi connectivity index (χ3v) is 3.62. The van der Waals surface area contributed by atoms with E-state index < -0.39 is 0 Å². The Morgan fingerprint density at radius 3 is 2.23 bits per heavy atom. The Bertz CT molecular complexity index is 779. The van der Waals surface area contributed by atoms with Crippen molar-refractivity contribution in [3.05, 3.63) is 72.4 Å². The summed E-state index contributed by atoms with van der Waals surface area (Å²) in [5.41, 5.74) is 3.25. The minimum atomic E-state index is -0.121. The van der Waals surface area contributed by atoms with Crippen molar-refractivity contribution in [1.82, 2.24) is 9.78 Å². The van der Waals surface area contributed by atoms with Gasteiger partial charge in [-0.25, -0.2) is 0 Å². The van der Waals surface area contributed by atoms with Crippen LogP contribution in [0.4, 0.5) is 5.69 Å². The lowest BCUT2D eigenvalue weighted by molar-refractivity contribution is 0.0987. The molecule has 0 bridgehead atoms. The van der Waals surface area contributed by atoms with Crippen LogP contribution in [-0.4, -0.2) is 22.7 Å². The maximum atomic E-state index is 12.6. The summed E-state index contributed by atoms with van der Waals surface area (Å²) >= 11 is 0. The van der Waals surface area contributed by atoms with E-state index in [1.165, 1.54) is 0 Å². The first-order chi connectivity index (χ1) is 10.7. The highest BCUT2D eigenvalue weighted by Crippen LogP contribution is 2.21. The second-order valence-corrected chi connectivity index (χ2v) is 5.10. The second-order valence-electron chi connectivity index (χ2n) is 5.10. The van der Waals surface area contributed by atoms with Crippen LogP contribution in [0.1, 0.15) is 10.5 Å². The molecule has 3 rings (SSSR count). The van der Waals surface area contributed by atoms with Gasteiger partial charge in [0.1, 0.15) is 0 Å². The Morgan fingerprint density at radius 1 is 1.00 bits per heavy atom. The number of amides is 1. The molecule has 4 heteroatoms. The van der Waals surface area contributed by atoms with E-state index in [1.54, 1.807) is 16.6 Å². The van der Waals surface area contributed by atoms with Gasteiger partial charge < -0.3 is 4.90 Å². The van der Waals surface area contributed by atoms with Gasteiger partial charge in [-0.15, -0.1) is 0 Å². The van der Waals surface area contributed by atoms with E-state index in [2.05, 4.69) is 5.10 Å². The number of aryl methyl sites for hydroxylation is 1. The number of rotatable bonds is 3. The molecule has 0 radical (unpaired) electrons. The molecule has 0 unspecified atom stereocenters. The number of carbonyl (C=O) groups excluding carboxylic acids is 1. The minimum absolute atomic E-state index is 0.121. The van der Waals surface area contributed by atoms with Gasteiger partial charge in [0.25, 0.3) is 5.91 Å². The molecule has 4 nitrogen and oxygen atoms in total. The van der Waals surface area contributed by atoms with Gasteiger partial charge in [0.15, 0.2) is 5.69 Å². The van der Waals surface area contributed by atoms with Crippen LogP contribution in [0.5, 0.6) is 0 Å². The van der Waals surface area contributed by atoms with E-state index in [0.717, 1.165) is 16.9 Å². The van der Waals surface area contributed by atoms with Gasteiger partial charge in [0.05, 0.1) is 5.69 Å². The van der Waals surface area contributed by atoms with Gasteiger partial charge in [-0.3, -0.25) is 9.48 Å². The zero-order chi connectivity index (χ0) is 15.5. The number of nitrogens with zero attached hydrogens (tertiary/aromatic N) is 3. The molecule has 1 aromatic heterocycles. The smallest absolute Gasteiger partial charge is 0.278 e. The van der Waals surface area contributed by atoms with E-state index in [0.29, 0.717) is 5.69 Å². The average molecular weight is 291 g/mol. The summed E-state index contributed by atoms with van der Waals surface area (Å²) in [7, 11) is 3.61. The van der Waals surface area contributed by atoms with E-state index in [9.17, 15) is 4.79 Å². The molecule has 0 saturated heterocycles. The van der Waals surface area contributed by atoms with Crippen LogP contribution in [0, 0.1) is 0 Å². The molecule has 0 aliphatic rings. The number of hydrogen-bond donors (Lipinski definition) is 0. The van der Waals surface area contributed by atoms with Gasteiger partial charge in [0.2, 0.25) is 0 Å². The van der Waals surface area contributed by atoms with Crippen LogP contribution in [0.25, 0.3) is 11.3 Å². The Morgan fingerprint density at radius 2 is 1.59 bits per heavy atom. The van der Waals surface area contributed by atoms with E-state index >= 15 is 0 Å². The zero-order valence-electron chi connectivity index (χ0n) is 12.6. The van der Waals surface area contributed by atoms with Gasteiger partial charge in [-0.05, 0) is 23.8 Å². The van der Waals surface area contributed by atoms with Crippen molar-refractivity contribution in [3.63, 3.8) is 0 Å². The lowest BCUT2D eigenvalue weighted by atomic mass is 10.1.